The second-order valence-electron chi connectivity index (χ2n) is 7.35. The molecule has 2 aromatic carbocycles. The number of aromatic nitrogens is 2. The molecule has 1 fully saturated rings. The highest BCUT2D eigenvalue weighted by Gasteiger charge is 2.20. The van der Waals surface area contributed by atoms with E-state index in [1.54, 1.807) is 0 Å². The van der Waals surface area contributed by atoms with Crippen molar-refractivity contribution in [2.24, 2.45) is 7.05 Å². The summed E-state index contributed by atoms with van der Waals surface area (Å²) in [5, 5.41) is 2.60. The van der Waals surface area contributed by atoms with Crippen LogP contribution in [0.1, 0.15) is 24.1 Å². The van der Waals surface area contributed by atoms with Crippen LogP contribution in [0.15, 0.2) is 60.8 Å². The van der Waals surface area contributed by atoms with Crippen molar-refractivity contribution in [1.82, 2.24) is 4.98 Å². The Morgan fingerprint density at radius 3 is 2.46 bits per heavy atom. The first-order valence-electron chi connectivity index (χ1n) is 9.72. The minimum atomic E-state index is 0. The lowest BCUT2D eigenvalue weighted by Crippen LogP contribution is -3.00. The molecular weight excluding hydrogens is 457 g/mol. The average Bonchev–Trinajstić information content (AvgIpc) is 3.38. The van der Waals surface area contributed by atoms with Crippen molar-refractivity contribution in [3.8, 4) is 0 Å². The van der Waals surface area contributed by atoms with Gasteiger partial charge in [-0.2, -0.15) is 4.57 Å². The summed E-state index contributed by atoms with van der Waals surface area (Å²) in [7, 11) is 2.16. The fraction of sp³-hybridized carbons (Fsp3) is 0.208. The van der Waals surface area contributed by atoms with Gasteiger partial charge in [-0.05, 0) is 36.6 Å². The van der Waals surface area contributed by atoms with Gasteiger partial charge in [-0.15, -0.1) is 0 Å². The van der Waals surface area contributed by atoms with Crippen LogP contribution in [0.4, 0.5) is 5.69 Å². The average molecular weight is 481 g/mol. The molecule has 1 saturated heterocycles. The fourth-order valence-corrected chi connectivity index (χ4v) is 4.22. The normalized spacial score (nSPS) is 14.2. The number of aryl methyl sites for hydroxylation is 1. The molecule has 1 aliphatic rings. The van der Waals surface area contributed by atoms with Crippen LogP contribution in [0.5, 0.6) is 0 Å². The number of aromatic amines is 1. The number of hydrogen-bond donors (Lipinski definition) is 1. The maximum absolute atomic E-state index is 3.36. The van der Waals surface area contributed by atoms with Crippen LogP contribution in [0, 0.1) is 0 Å². The first kappa shape index (κ1) is 19.0. The topological polar surface area (TPSA) is 22.9 Å². The van der Waals surface area contributed by atoms with Crippen molar-refractivity contribution >= 4 is 39.6 Å². The Balaban J connectivity index is 0.00000192. The van der Waals surface area contributed by atoms with Gasteiger partial charge in [0.25, 0.3) is 0 Å². The molecule has 0 spiro atoms. The number of hydrogen-bond acceptors (Lipinski definition) is 1. The van der Waals surface area contributed by atoms with Crippen LogP contribution in [0.3, 0.4) is 0 Å². The van der Waals surface area contributed by atoms with E-state index in [2.05, 4.69) is 94.4 Å². The van der Waals surface area contributed by atoms with Crippen LogP contribution in [0.25, 0.3) is 34.0 Å². The summed E-state index contributed by atoms with van der Waals surface area (Å²) >= 11 is 0. The van der Waals surface area contributed by atoms with Gasteiger partial charge in [-0.1, -0.05) is 30.3 Å². The van der Waals surface area contributed by atoms with Gasteiger partial charge in [0.15, 0.2) is 0 Å². The number of H-pyrrole nitrogens is 1. The lowest BCUT2D eigenvalue weighted by atomic mass is 10.1. The fourth-order valence-electron chi connectivity index (χ4n) is 4.22. The highest BCUT2D eigenvalue weighted by molar-refractivity contribution is 5.93. The maximum Gasteiger partial charge on any atom is 0.214 e. The Labute approximate surface area is 182 Å². The predicted octanol–water partition coefficient (Wildman–Crippen LogP) is 1.92. The number of rotatable bonds is 3. The third-order valence-electron chi connectivity index (χ3n) is 5.71. The molecule has 1 N–H and O–H groups in total. The van der Waals surface area contributed by atoms with Crippen molar-refractivity contribution in [2.45, 2.75) is 12.8 Å². The number of para-hydroxylation sites is 2. The first-order valence-corrected chi connectivity index (χ1v) is 9.72. The van der Waals surface area contributed by atoms with E-state index in [-0.39, 0.29) is 24.0 Å². The van der Waals surface area contributed by atoms with Crippen molar-refractivity contribution < 1.29 is 28.5 Å². The highest BCUT2D eigenvalue weighted by Crippen LogP contribution is 2.29. The van der Waals surface area contributed by atoms with E-state index in [1.165, 1.54) is 51.6 Å². The van der Waals surface area contributed by atoms with E-state index in [0.717, 1.165) is 13.1 Å². The lowest BCUT2D eigenvalue weighted by Gasteiger charge is -2.19. The predicted molar refractivity (Wildman–Crippen MR) is 114 cm³/mol. The number of nitrogens with one attached hydrogen (secondary N) is 1. The summed E-state index contributed by atoms with van der Waals surface area (Å²) in [6.07, 6.45) is 9.12. The quantitative estimate of drug-likeness (QED) is 0.351. The summed E-state index contributed by atoms with van der Waals surface area (Å²) in [5.41, 5.74) is 6.26. The number of nitrogens with zero attached hydrogens (tertiary/aromatic N) is 2. The molecule has 2 aromatic heterocycles. The van der Waals surface area contributed by atoms with Crippen LogP contribution in [-0.2, 0) is 7.05 Å². The summed E-state index contributed by atoms with van der Waals surface area (Å²) in [6.45, 7) is 2.31. The van der Waals surface area contributed by atoms with E-state index in [1.807, 2.05) is 0 Å². The molecular formula is C24H24IN3. The van der Waals surface area contributed by atoms with E-state index in [9.17, 15) is 0 Å². The van der Waals surface area contributed by atoms with Gasteiger partial charge in [0.1, 0.15) is 7.05 Å². The van der Waals surface area contributed by atoms with E-state index < -0.39 is 0 Å². The van der Waals surface area contributed by atoms with Crippen LogP contribution in [-0.4, -0.2) is 18.1 Å². The lowest BCUT2D eigenvalue weighted by molar-refractivity contribution is -0.646. The molecule has 0 radical (unpaired) electrons. The number of pyridine rings is 1. The molecule has 0 bridgehead atoms. The largest absolute Gasteiger partial charge is 1.00 e. The second kappa shape index (κ2) is 7.95. The van der Waals surface area contributed by atoms with Gasteiger partial charge in [-0.25, -0.2) is 0 Å². The molecule has 0 unspecified atom stereocenters. The van der Waals surface area contributed by atoms with Gasteiger partial charge in [0, 0.05) is 48.4 Å². The standard InChI is InChI=1S/C24H23N3.HI/c1-26-19(13-12-18-17-25-22-10-4-2-8-20(18)22)16-24(27-14-6-7-15-27)21-9-3-5-11-23(21)26;/h2-5,8-13,16-17H,6-7,14-15H2,1H3;1H. The summed E-state index contributed by atoms with van der Waals surface area (Å²) < 4.78 is 2.29. The number of anilines is 1. The maximum atomic E-state index is 3.36. The number of fused-ring (bicyclic) bond motifs is 2. The van der Waals surface area contributed by atoms with Gasteiger partial charge < -0.3 is 33.9 Å². The Morgan fingerprint density at radius 2 is 1.64 bits per heavy atom. The van der Waals surface area contributed by atoms with Gasteiger partial charge in [-0.3, -0.25) is 0 Å². The summed E-state index contributed by atoms with van der Waals surface area (Å²) in [4.78, 5) is 5.89. The zero-order chi connectivity index (χ0) is 18.2. The molecule has 4 heteroatoms. The molecule has 1 aliphatic heterocycles. The van der Waals surface area contributed by atoms with Crippen molar-refractivity contribution in [2.75, 3.05) is 18.0 Å². The Kier molecular flexibility index (Phi) is 5.40. The monoisotopic (exact) mass is 481 g/mol. The first-order chi connectivity index (χ1) is 13.3. The Hall–Kier alpha value is -2.34. The third-order valence-corrected chi connectivity index (χ3v) is 5.71. The van der Waals surface area contributed by atoms with Gasteiger partial charge in [0.2, 0.25) is 11.2 Å². The molecule has 0 amide bonds. The zero-order valence-corrected chi connectivity index (χ0v) is 18.2. The Bertz CT molecular complexity index is 1150. The van der Waals surface area contributed by atoms with E-state index >= 15 is 0 Å². The Morgan fingerprint density at radius 1 is 0.929 bits per heavy atom. The van der Waals surface area contributed by atoms with E-state index in [0.29, 0.717) is 0 Å². The minimum absolute atomic E-state index is 0. The molecule has 0 aliphatic carbocycles. The van der Waals surface area contributed by atoms with Crippen LogP contribution in [0.2, 0.25) is 0 Å². The number of benzene rings is 2. The highest BCUT2D eigenvalue weighted by atomic mass is 127. The van der Waals surface area contributed by atoms with E-state index in [4.69, 9.17) is 0 Å². The van der Waals surface area contributed by atoms with Crippen LogP contribution < -0.4 is 33.4 Å². The van der Waals surface area contributed by atoms with Crippen molar-refractivity contribution in [1.29, 1.82) is 0 Å². The molecule has 28 heavy (non-hydrogen) atoms. The molecule has 142 valence electrons. The zero-order valence-electron chi connectivity index (χ0n) is 16.0. The molecule has 4 aromatic rings. The summed E-state index contributed by atoms with van der Waals surface area (Å²) in [5.74, 6) is 0. The van der Waals surface area contributed by atoms with Crippen molar-refractivity contribution in [3.63, 3.8) is 0 Å². The smallest absolute Gasteiger partial charge is 0.214 e. The second-order valence-corrected chi connectivity index (χ2v) is 7.35. The third kappa shape index (κ3) is 3.30. The molecule has 5 rings (SSSR count). The molecule has 0 atom stereocenters. The summed E-state index contributed by atoms with van der Waals surface area (Å²) in [6, 6.07) is 19.5. The van der Waals surface area contributed by atoms with Gasteiger partial charge >= 0.3 is 0 Å². The molecule has 3 nitrogen and oxygen atoms in total. The number of halogens is 1. The molecule has 0 saturated carbocycles. The van der Waals surface area contributed by atoms with Crippen molar-refractivity contribution in [3.05, 3.63) is 72.1 Å². The van der Waals surface area contributed by atoms with Gasteiger partial charge in [0.05, 0.1) is 11.1 Å². The van der Waals surface area contributed by atoms with Crippen LogP contribution >= 0.6 is 0 Å². The minimum Gasteiger partial charge on any atom is -1.00 e. The molecule has 3 heterocycles. The SMILES string of the molecule is C[n+]1c(/C=C/c2c[nH]c3ccccc23)cc(N2CCCC2)c2ccccc21.[I-].